The first-order valence-corrected chi connectivity index (χ1v) is 12.0. The molecule has 1 N–H and O–H groups in total. The highest BCUT2D eigenvalue weighted by Crippen LogP contribution is 2.33. The van der Waals surface area contributed by atoms with Crippen LogP contribution in [0.5, 0.6) is 0 Å². The van der Waals surface area contributed by atoms with Crippen LogP contribution in [-0.4, -0.2) is 53.1 Å². The number of hydrogen-bond donors (Lipinski definition) is 1. The molecule has 3 aromatic carbocycles. The largest absolute Gasteiger partial charge is 0.352 e. The van der Waals surface area contributed by atoms with Crippen molar-refractivity contribution < 1.29 is 9.59 Å². The number of nitrogens with one attached hydrogen (secondary N) is 1. The zero-order valence-corrected chi connectivity index (χ0v) is 19.5. The Bertz CT molecular complexity index is 1220. The van der Waals surface area contributed by atoms with E-state index in [1.165, 1.54) is 10.8 Å². The van der Waals surface area contributed by atoms with E-state index < -0.39 is 0 Å². The van der Waals surface area contributed by atoms with Crippen LogP contribution in [0.15, 0.2) is 77.9 Å². The Morgan fingerprint density at radius 3 is 2.56 bits per heavy atom. The number of hydrazone groups is 1. The van der Waals surface area contributed by atoms with Crippen molar-refractivity contribution in [1.29, 1.82) is 0 Å². The molecule has 1 saturated heterocycles. The molecule has 2 aliphatic rings. The van der Waals surface area contributed by atoms with Crippen LogP contribution in [0, 0.1) is 0 Å². The lowest BCUT2D eigenvalue weighted by Crippen LogP contribution is -2.49. The van der Waals surface area contributed by atoms with E-state index >= 15 is 0 Å². The molecule has 0 spiro atoms. The Kier molecular flexibility index (Phi) is 6.41. The number of hydrogen-bond acceptors (Lipinski definition) is 4. The van der Waals surface area contributed by atoms with Crippen LogP contribution in [0.3, 0.4) is 0 Å². The minimum atomic E-state index is -0.119. The van der Waals surface area contributed by atoms with Gasteiger partial charge in [-0.1, -0.05) is 66.7 Å². The van der Waals surface area contributed by atoms with Gasteiger partial charge in [0.2, 0.25) is 5.91 Å². The maximum absolute atomic E-state index is 13.5. The van der Waals surface area contributed by atoms with Gasteiger partial charge in [-0.05, 0) is 47.4 Å². The van der Waals surface area contributed by atoms with E-state index in [9.17, 15) is 9.59 Å². The standard InChI is InChI=1S/C28H30N4O2/c1-20(33)29-25-12-7-15-31(18-25)19-28(34)32-27(22-9-3-2-4-10-22)17-26(30-32)24-14-13-21-8-5-6-11-23(21)16-24/h2-6,8-11,13-14,16,25,27H,7,12,15,17-19H2,1H3,(H,29,33). The third-order valence-corrected chi connectivity index (χ3v) is 6.70. The van der Waals surface area contributed by atoms with Crippen molar-refractivity contribution in [3.63, 3.8) is 0 Å². The monoisotopic (exact) mass is 454 g/mol. The molecule has 174 valence electrons. The molecule has 6 heteroatoms. The number of likely N-dealkylation sites (tertiary alicyclic amines) is 1. The highest BCUT2D eigenvalue weighted by atomic mass is 16.2. The summed E-state index contributed by atoms with van der Waals surface area (Å²) in [5.74, 6) is -0.0281. The molecule has 0 aromatic heterocycles. The lowest BCUT2D eigenvalue weighted by Gasteiger charge is -2.33. The lowest BCUT2D eigenvalue weighted by atomic mass is 9.97. The van der Waals surface area contributed by atoms with Crippen molar-refractivity contribution in [1.82, 2.24) is 15.2 Å². The van der Waals surface area contributed by atoms with Crippen LogP contribution in [0.1, 0.15) is 43.4 Å². The second-order valence-electron chi connectivity index (χ2n) is 9.25. The second-order valence-corrected chi connectivity index (χ2v) is 9.25. The summed E-state index contributed by atoms with van der Waals surface area (Å²) in [5.41, 5.74) is 3.08. The van der Waals surface area contributed by atoms with Crippen molar-refractivity contribution >= 4 is 28.3 Å². The zero-order valence-electron chi connectivity index (χ0n) is 19.5. The Morgan fingerprint density at radius 1 is 1.00 bits per heavy atom. The van der Waals surface area contributed by atoms with E-state index in [-0.39, 0.29) is 23.9 Å². The molecule has 0 bridgehead atoms. The van der Waals surface area contributed by atoms with Crippen molar-refractivity contribution in [3.8, 4) is 0 Å². The molecule has 2 aliphatic heterocycles. The predicted octanol–water partition coefficient (Wildman–Crippen LogP) is 4.12. The molecule has 2 heterocycles. The average molecular weight is 455 g/mol. The molecule has 6 nitrogen and oxygen atoms in total. The smallest absolute Gasteiger partial charge is 0.257 e. The number of carbonyl (C=O) groups excluding carboxylic acids is 2. The fraction of sp³-hybridized carbons (Fsp3) is 0.321. The molecule has 5 rings (SSSR count). The Morgan fingerprint density at radius 2 is 1.76 bits per heavy atom. The summed E-state index contributed by atoms with van der Waals surface area (Å²) in [5, 5.41) is 11.9. The topological polar surface area (TPSA) is 65.0 Å². The van der Waals surface area contributed by atoms with E-state index in [1.807, 2.05) is 30.3 Å². The fourth-order valence-corrected chi connectivity index (χ4v) is 5.09. The molecule has 0 saturated carbocycles. The summed E-state index contributed by atoms with van der Waals surface area (Å²) in [7, 11) is 0. The summed E-state index contributed by atoms with van der Waals surface area (Å²) in [4.78, 5) is 27.1. The molecule has 34 heavy (non-hydrogen) atoms. The number of carbonyl (C=O) groups is 2. The molecular formula is C28H30N4O2. The summed E-state index contributed by atoms with van der Waals surface area (Å²) >= 11 is 0. The van der Waals surface area contributed by atoms with Crippen LogP contribution < -0.4 is 5.32 Å². The van der Waals surface area contributed by atoms with E-state index in [1.54, 1.807) is 11.9 Å². The van der Waals surface area contributed by atoms with E-state index in [0.717, 1.165) is 36.2 Å². The van der Waals surface area contributed by atoms with Gasteiger partial charge in [0.05, 0.1) is 18.3 Å². The average Bonchev–Trinajstić information content (AvgIpc) is 3.30. The summed E-state index contributed by atoms with van der Waals surface area (Å²) in [6.07, 6.45) is 2.60. The van der Waals surface area contributed by atoms with Gasteiger partial charge in [0, 0.05) is 25.9 Å². The van der Waals surface area contributed by atoms with E-state index in [0.29, 0.717) is 19.5 Å². The number of amides is 2. The van der Waals surface area contributed by atoms with Crippen molar-refractivity contribution in [2.45, 2.75) is 38.3 Å². The first kappa shape index (κ1) is 22.3. The van der Waals surface area contributed by atoms with Gasteiger partial charge in [0.1, 0.15) is 0 Å². The molecule has 0 aliphatic carbocycles. The number of nitrogens with zero attached hydrogens (tertiary/aromatic N) is 3. The highest BCUT2D eigenvalue weighted by Gasteiger charge is 2.34. The summed E-state index contributed by atoms with van der Waals surface area (Å²) in [6.45, 7) is 3.39. The molecule has 2 unspecified atom stereocenters. The lowest BCUT2D eigenvalue weighted by molar-refractivity contribution is -0.134. The summed E-state index contributed by atoms with van der Waals surface area (Å²) < 4.78 is 0. The van der Waals surface area contributed by atoms with Crippen molar-refractivity contribution in [3.05, 3.63) is 83.9 Å². The number of fused-ring (bicyclic) bond motifs is 1. The van der Waals surface area contributed by atoms with Gasteiger partial charge in [-0.2, -0.15) is 5.10 Å². The molecular weight excluding hydrogens is 424 g/mol. The van der Waals surface area contributed by atoms with E-state index in [2.05, 4.69) is 52.7 Å². The van der Waals surface area contributed by atoms with Crippen LogP contribution in [0.25, 0.3) is 10.8 Å². The van der Waals surface area contributed by atoms with Crippen LogP contribution in [0.4, 0.5) is 0 Å². The minimum absolute atomic E-state index is 0.00637. The van der Waals surface area contributed by atoms with Crippen molar-refractivity contribution in [2.75, 3.05) is 19.6 Å². The molecule has 0 radical (unpaired) electrons. The van der Waals surface area contributed by atoms with Gasteiger partial charge in [-0.25, -0.2) is 5.01 Å². The van der Waals surface area contributed by atoms with Gasteiger partial charge in [0.15, 0.2) is 0 Å². The van der Waals surface area contributed by atoms with Gasteiger partial charge < -0.3 is 5.32 Å². The first-order chi connectivity index (χ1) is 16.6. The van der Waals surface area contributed by atoms with E-state index in [4.69, 9.17) is 5.10 Å². The van der Waals surface area contributed by atoms with Crippen molar-refractivity contribution in [2.24, 2.45) is 5.10 Å². The third kappa shape index (κ3) is 4.87. The normalized spacial score (nSPS) is 20.9. The Labute approximate surface area is 200 Å². The zero-order chi connectivity index (χ0) is 23.5. The fourth-order valence-electron chi connectivity index (χ4n) is 5.09. The molecule has 2 amide bonds. The maximum atomic E-state index is 13.5. The predicted molar refractivity (Wildman–Crippen MR) is 134 cm³/mol. The highest BCUT2D eigenvalue weighted by molar-refractivity contribution is 6.05. The quantitative estimate of drug-likeness (QED) is 0.631. The van der Waals surface area contributed by atoms with Gasteiger partial charge in [0.25, 0.3) is 5.91 Å². The SMILES string of the molecule is CC(=O)NC1CCCN(CC(=O)N2N=C(c3ccc4ccccc4c3)CC2c2ccccc2)C1. The maximum Gasteiger partial charge on any atom is 0.257 e. The first-order valence-electron chi connectivity index (χ1n) is 12.0. The molecule has 3 aromatic rings. The van der Waals surface area contributed by atoms with Gasteiger partial charge in [-0.3, -0.25) is 14.5 Å². The number of piperidine rings is 1. The summed E-state index contributed by atoms with van der Waals surface area (Å²) in [6, 6.07) is 24.8. The Hall–Kier alpha value is -3.51. The van der Waals surface area contributed by atoms with Gasteiger partial charge in [-0.15, -0.1) is 0 Å². The van der Waals surface area contributed by atoms with Crippen LogP contribution in [-0.2, 0) is 9.59 Å². The van der Waals surface area contributed by atoms with Crippen LogP contribution >= 0.6 is 0 Å². The number of benzene rings is 3. The van der Waals surface area contributed by atoms with Gasteiger partial charge >= 0.3 is 0 Å². The number of rotatable bonds is 5. The minimum Gasteiger partial charge on any atom is -0.352 e. The second kappa shape index (κ2) is 9.77. The molecule has 1 fully saturated rings. The Balaban J connectivity index is 1.39. The van der Waals surface area contributed by atoms with Crippen LogP contribution in [0.2, 0.25) is 0 Å². The molecule has 2 atom stereocenters. The third-order valence-electron chi connectivity index (χ3n) is 6.70.